The van der Waals surface area contributed by atoms with Crippen molar-refractivity contribution in [1.29, 1.82) is 0 Å². The number of pyridine rings is 1. The van der Waals surface area contributed by atoms with E-state index in [1.54, 1.807) is 18.2 Å². The molecule has 1 aliphatic carbocycles. The lowest BCUT2D eigenvalue weighted by atomic mass is 9.85. The average molecular weight is 463 g/mol. The molecule has 0 amide bonds. The second-order valence-corrected chi connectivity index (χ2v) is 9.77. The van der Waals surface area contributed by atoms with Gasteiger partial charge >= 0.3 is 5.97 Å². The maximum absolute atomic E-state index is 11.0. The standard InChI is InChI=1S/C20H22Cl3NO3S/c21-15-10-16(25)14(6-4-11-8-18(22)24-19(23)9-11)13(15)3-1-2-12-5-7-17(28-12)20(26)27/h5,7-9,13-16,25H,1-4,6,10H2,(H,26,27)/t13-,14?,15-,16-/m1/s1. The molecule has 1 unspecified atom stereocenters. The third-order valence-electron chi connectivity index (χ3n) is 5.40. The summed E-state index contributed by atoms with van der Waals surface area (Å²) in [6.07, 6.45) is 4.44. The summed E-state index contributed by atoms with van der Waals surface area (Å²) in [7, 11) is 0. The molecule has 1 fully saturated rings. The van der Waals surface area contributed by atoms with Crippen molar-refractivity contribution < 1.29 is 15.0 Å². The summed E-state index contributed by atoms with van der Waals surface area (Å²) in [4.78, 5) is 16.4. The van der Waals surface area contributed by atoms with Gasteiger partial charge in [-0.25, -0.2) is 9.78 Å². The molecule has 1 aliphatic rings. The van der Waals surface area contributed by atoms with Crippen LogP contribution >= 0.6 is 46.1 Å². The van der Waals surface area contributed by atoms with Gasteiger partial charge in [0, 0.05) is 10.3 Å². The van der Waals surface area contributed by atoms with Crippen molar-refractivity contribution in [1.82, 2.24) is 4.98 Å². The van der Waals surface area contributed by atoms with E-state index in [0.717, 1.165) is 42.5 Å². The molecule has 0 aliphatic heterocycles. The van der Waals surface area contributed by atoms with Crippen LogP contribution in [0.25, 0.3) is 0 Å². The number of thiophene rings is 1. The fourth-order valence-electron chi connectivity index (χ4n) is 4.07. The highest BCUT2D eigenvalue weighted by atomic mass is 35.5. The van der Waals surface area contributed by atoms with Gasteiger partial charge in [-0.05, 0) is 80.2 Å². The number of hydrogen-bond donors (Lipinski definition) is 2. The van der Waals surface area contributed by atoms with Gasteiger partial charge in [0.15, 0.2) is 0 Å². The number of aromatic nitrogens is 1. The normalized spacial score (nSPS) is 24.6. The van der Waals surface area contributed by atoms with Crippen LogP contribution in [0.15, 0.2) is 24.3 Å². The molecule has 0 saturated heterocycles. The van der Waals surface area contributed by atoms with Crippen LogP contribution in [0, 0.1) is 11.8 Å². The van der Waals surface area contributed by atoms with Crippen LogP contribution in [0.2, 0.25) is 10.3 Å². The van der Waals surface area contributed by atoms with E-state index >= 15 is 0 Å². The van der Waals surface area contributed by atoms with Crippen LogP contribution in [0.3, 0.4) is 0 Å². The van der Waals surface area contributed by atoms with Crippen molar-refractivity contribution in [2.45, 2.75) is 50.0 Å². The van der Waals surface area contributed by atoms with Crippen LogP contribution in [-0.2, 0) is 12.8 Å². The second kappa shape index (κ2) is 9.77. The molecular formula is C20H22Cl3NO3S. The third kappa shape index (κ3) is 5.61. The highest BCUT2D eigenvalue weighted by Gasteiger charge is 2.40. The molecule has 3 rings (SSSR count). The number of carbonyl (C=O) groups is 1. The molecule has 0 radical (unpaired) electrons. The number of carboxylic acids is 1. The van der Waals surface area contributed by atoms with Gasteiger partial charge < -0.3 is 10.2 Å². The van der Waals surface area contributed by atoms with E-state index in [0.29, 0.717) is 21.6 Å². The maximum Gasteiger partial charge on any atom is 0.345 e. The Labute approximate surface area is 183 Å². The van der Waals surface area contributed by atoms with Gasteiger partial charge in [-0.1, -0.05) is 23.2 Å². The summed E-state index contributed by atoms with van der Waals surface area (Å²) in [6, 6.07) is 7.14. The molecule has 28 heavy (non-hydrogen) atoms. The predicted octanol–water partition coefficient (Wildman–Crippen LogP) is 5.71. The molecule has 152 valence electrons. The van der Waals surface area contributed by atoms with Gasteiger partial charge in [0.1, 0.15) is 15.2 Å². The van der Waals surface area contributed by atoms with Gasteiger partial charge in [-0.2, -0.15) is 0 Å². The number of aliphatic hydroxyl groups excluding tert-OH is 1. The van der Waals surface area contributed by atoms with Crippen molar-refractivity contribution in [2.24, 2.45) is 11.8 Å². The first-order valence-corrected chi connectivity index (χ1v) is 11.3. The Morgan fingerprint density at radius 3 is 2.50 bits per heavy atom. The zero-order valence-electron chi connectivity index (χ0n) is 15.2. The number of halogens is 3. The van der Waals surface area contributed by atoms with Gasteiger partial charge in [-0.15, -0.1) is 22.9 Å². The van der Waals surface area contributed by atoms with Gasteiger partial charge in [0.25, 0.3) is 0 Å². The smallest absolute Gasteiger partial charge is 0.345 e. The summed E-state index contributed by atoms with van der Waals surface area (Å²) in [5.41, 5.74) is 1.01. The van der Waals surface area contributed by atoms with E-state index in [9.17, 15) is 9.90 Å². The quantitative estimate of drug-likeness (QED) is 0.389. The molecule has 0 bridgehead atoms. The van der Waals surface area contributed by atoms with E-state index in [2.05, 4.69) is 4.98 Å². The Morgan fingerprint density at radius 1 is 1.14 bits per heavy atom. The first kappa shape index (κ1) is 21.8. The minimum absolute atomic E-state index is 0.0393. The summed E-state index contributed by atoms with van der Waals surface area (Å²) in [5.74, 6) is -0.512. The van der Waals surface area contributed by atoms with E-state index in [1.807, 2.05) is 6.07 Å². The highest BCUT2D eigenvalue weighted by molar-refractivity contribution is 7.13. The number of nitrogens with zero attached hydrogens (tertiary/aromatic N) is 1. The Hall–Kier alpha value is -0.850. The number of aliphatic hydroxyl groups is 1. The van der Waals surface area contributed by atoms with Crippen LogP contribution in [0.4, 0.5) is 0 Å². The SMILES string of the molecule is O=C(O)c1ccc(CCC[C@@H]2C(CCc3cc(Cl)nc(Cl)c3)[C@H](O)C[C@H]2Cl)s1. The molecule has 4 nitrogen and oxygen atoms in total. The minimum Gasteiger partial charge on any atom is -0.477 e. The van der Waals surface area contributed by atoms with E-state index in [-0.39, 0.29) is 17.2 Å². The number of aromatic carboxylic acids is 1. The lowest BCUT2D eigenvalue weighted by Crippen LogP contribution is -2.21. The Balaban J connectivity index is 1.56. The zero-order valence-corrected chi connectivity index (χ0v) is 18.2. The topological polar surface area (TPSA) is 70.4 Å². The fraction of sp³-hybridized carbons (Fsp3) is 0.500. The molecule has 2 aromatic heterocycles. The first-order chi connectivity index (χ1) is 13.3. The van der Waals surface area contributed by atoms with Gasteiger partial charge in [-0.3, -0.25) is 0 Å². The van der Waals surface area contributed by atoms with Gasteiger partial charge in [0.2, 0.25) is 0 Å². The second-order valence-electron chi connectivity index (χ2n) is 7.27. The minimum atomic E-state index is -0.882. The van der Waals surface area contributed by atoms with Crippen LogP contribution in [-0.4, -0.2) is 32.6 Å². The van der Waals surface area contributed by atoms with Crippen LogP contribution in [0.5, 0.6) is 0 Å². The Kier molecular flexibility index (Phi) is 7.62. The number of hydrogen-bond acceptors (Lipinski definition) is 4. The van der Waals surface area contributed by atoms with E-state index < -0.39 is 12.1 Å². The molecule has 2 N–H and O–H groups in total. The summed E-state index contributed by atoms with van der Waals surface area (Å²) in [6.45, 7) is 0. The highest BCUT2D eigenvalue weighted by Crippen LogP contribution is 2.41. The molecule has 0 spiro atoms. The monoisotopic (exact) mass is 461 g/mol. The lowest BCUT2D eigenvalue weighted by Gasteiger charge is -2.23. The Bertz CT molecular complexity index is 809. The van der Waals surface area contributed by atoms with Crippen molar-refractivity contribution in [2.75, 3.05) is 0 Å². The predicted molar refractivity (Wildman–Crippen MR) is 114 cm³/mol. The van der Waals surface area contributed by atoms with E-state index in [4.69, 9.17) is 39.9 Å². The van der Waals surface area contributed by atoms with Crippen LogP contribution in [0.1, 0.15) is 45.8 Å². The molecule has 2 heterocycles. The van der Waals surface area contributed by atoms with Crippen molar-refractivity contribution in [3.63, 3.8) is 0 Å². The first-order valence-electron chi connectivity index (χ1n) is 9.29. The molecular weight excluding hydrogens is 441 g/mol. The summed E-state index contributed by atoms with van der Waals surface area (Å²) in [5, 5.41) is 20.2. The molecule has 2 aromatic rings. The third-order valence-corrected chi connectivity index (χ3v) is 7.42. The summed E-state index contributed by atoms with van der Waals surface area (Å²) < 4.78 is 0. The van der Waals surface area contributed by atoms with Crippen molar-refractivity contribution >= 4 is 52.1 Å². The number of carboxylic acid groups (broad SMARTS) is 1. The lowest BCUT2D eigenvalue weighted by molar-refractivity contribution is 0.0702. The number of alkyl halides is 1. The fourth-order valence-corrected chi connectivity index (χ4v) is 5.96. The van der Waals surface area contributed by atoms with Gasteiger partial charge in [0.05, 0.1) is 6.10 Å². The molecule has 0 aromatic carbocycles. The molecule has 4 atom stereocenters. The van der Waals surface area contributed by atoms with Crippen molar-refractivity contribution in [3.05, 3.63) is 49.9 Å². The molecule has 1 saturated carbocycles. The Morgan fingerprint density at radius 2 is 1.86 bits per heavy atom. The van der Waals surface area contributed by atoms with E-state index in [1.165, 1.54) is 11.3 Å². The number of aryl methyl sites for hydroxylation is 2. The van der Waals surface area contributed by atoms with Crippen molar-refractivity contribution in [3.8, 4) is 0 Å². The van der Waals surface area contributed by atoms with Crippen LogP contribution < -0.4 is 0 Å². The summed E-state index contributed by atoms with van der Waals surface area (Å²) >= 11 is 19.8. The zero-order chi connectivity index (χ0) is 20.3. The number of rotatable bonds is 8. The molecule has 8 heteroatoms. The maximum atomic E-state index is 11.0. The average Bonchev–Trinajstić information content (AvgIpc) is 3.18. The largest absolute Gasteiger partial charge is 0.477 e.